The number of hydrogen-bond acceptors (Lipinski definition) is 6. The van der Waals surface area contributed by atoms with Crippen molar-refractivity contribution in [3.8, 4) is 17.2 Å². The predicted molar refractivity (Wildman–Crippen MR) is 118 cm³/mol. The minimum Gasteiger partial charge on any atom is -0.490 e. The van der Waals surface area contributed by atoms with Gasteiger partial charge in [0.1, 0.15) is 0 Å². The number of ether oxygens (including phenoxy) is 3. The molecule has 2 aliphatic heterocycles. The Balaban J connectivity index is 1.66. The maximum atomic E-state index is 13.2. The van der Waals surface area contributed by atoms with E-state index in [0.717, 1.165) is 25.9 Å². The van der Waals surface area contributed by atoms with E-state index < -0.39 is 0 Å². The highest BCUT2D eigenvalue weighted by Crippen LogP contribution is 2.39. The van der Waals surface area contributed by atoms with E-state index in [2.05, 4.69) is 4.90 Å². The molecule has 2 saturated heterocycles. The maximum Gasteiger partial charge on any atom is 0.254 e. The molecule has 2 heterocycles. The van der Waals surface area contributed by atoms with Gasteiger partial charge in [-0.15, -0.1) is 0 Å². The molecule has 0 N–H and O–H groups in total. The fraction of sp³-hybridized carbons (Fsp3) is 0.652. The van der Waals surface area contributed by atoms with Gasteiger partial charge in [0.05, 0.1) is 26.4 Å². The zero-order valence-corrected chi connectivity index (χ0v) is 19.0. The van der Waals surface area contributed by atoms with Crippen LogP contribution in [-0.2, 0) is 4.79 Å². The average Bonchev–Trinajstić information content (AvgIpc) is 3.31. The molecule has 0 unspecified atom stereocenters. The first kappa shape index (κ1) is 23.2. The summed E-state index contributed by atoms with van der Waals surface area (Å²) in [6.45, 7) is 11.9. The third-order valence-electron chi connectivity index (χ3n) is 5.63. The minimum absolute atomic E-state index is 0.0597. The second-order valence-corrected chi connectivity index (χ2v) is 7.76. The number of carbonyl (C=O) groups is 2. The predicted octanol–water partition coefficient (Wildman–Crippen LogP) is 2.26. The Hall–Kier alpha value is -2.48. The lowest BCUT2D eigenvalue weighted by molar-refractivity contribution is -0.131. The van der Waals surface area contributed by atoms with Crippen LogP contribution in [0.5, 0.6) is 17.2 Å². The quantitative estimate of drug-likeness (QED) is 0.595. The number of likely N-dealkylation sites (tertiary alicyclic amines) is 1. The summed E-state index contributed by atoms with van der Waals surface area (Å²) in [5, 5.41) is 0. The van der Waals surface area contributed by atoms with E-state index in [1.54, 1.807) is 12.1 Å². The molecule has 0 saturated carbocycles. The van der Waals surface area contributed by atoms with Crippen LogP contribution in [0.15, 0.2) is 12.1 Å². The maximum absolute atomic E-state index is 13.2. The molecule has 0 aromatic heterocycles. The average molecular weight is 434 g/mol. The van der Waals surface area contributed by atoms with Crippen LogP contribution < -0.4 is 14.2 Å². The summed E-state index contributed by atoms with van der Waals surface area (Å²) in [5.41, 5.74) is 0.525. The summed E-state index contributed by atoms with van der Waals surface area (Å²) in [5.74, 6) is 1.72. The molecule has 2 fully saturated rings. The molecule has 3 rings (SSSR count). The number of hydrogen-bond donors (Lipinski definition) is 0. The zero-order valence-electron chi connectivity index (χ0n) is 19.0. The highest BCUT2D eigenvalue weighted by molar-refractivity contribution is 5.95. The van der Waals surface area contributed by atoms with Crippen molar-refractivity contribution in [2.75, 3.05) is 65.6 Å². The number of carbonyl (C=O) groups excluding carboxylic acids is 2. The normalized spacial score (nSPS) is 17.0. The molecule has 1 aromatic carbocycles. The van der Waals surface area contributed by atoms with E-state index in [-0.39, 0.29) is 11.8 Å². The molecule has 0 radical (unpaired) electrons. The molecule has 2 amide bonds. The fourth-order valence-electron chi connectivity index (χ4n) is 4.06. The molecule has 0 bridgehead atoms. The Bertz CT molecular complexity index is 729. The Morgan fingerprint density at radius 2 is 1.32 bits per heavy atom. The van der Waals surface area contributed by atoms with Gasteiger partial charge in [-0.3, -0.25) is 14.5 Å². The number of piperazine rings is 1. The van der Waals surface area contributed by atoms with E-state index in [1.165, 1.54) is 0 Å². The van der Waals surface area contributed by atoms with Crippen molar-refractivity contribution in [3.63, 3.8) is 0 Å². The monoisotopic (exact) mass is 433 g/mol. The van der Waals surface area contributed by atoms with Crippen molar-refractivity contribution in [1.29, 1.82) is 0 Å². The van der Waals surface area contributed by atoms with Crippen molar-refractivity contribution in [1.82, 2.24) is 14.7 Å². The topological polar surface area (TPSA) is 71.6 Å². The third kappa shape index (κ3) is 5.81. The number of benzene rings is 1. The first-order valence-corrected chi connectivity index (χ1v) is 11.4. The van der Waals surface area contributed by atoms with E-state index in [1.807, 2.05) is 30.6 Å². The van der Waals surface area contributed by atoms with Gasteiger partial charge in [0, 0.05) is 44.8 Å². The molecule has 1 aromatic rings. The molecule has 0 spiro atoms. The van der Waals surface area contributed by atoms with E-state index in [0.29, 0.717) is 75.4 Å². The van der Waals surface area contributed by atoms with Gasteiger partial charge >= 0.3 is 0 Å². The fourth-order valence-corrected chi connectivity index (χ4v) is 4.06. The molecule has 0 aliphatic carbocycles. The molecule has 2 aliphatic rings. The Kier molecular flexibility index (Phi) is 8.40. The van der Waals surface area contributed by atoms with Gasteiger partial charge < -0.3 is 24.0 Å². The molecule has 0 atom stereocenters. The summed E-state index contributed by atoms with van der Waals surface area (Å²) in [6.07, 6.45) is 2.20. The van der Waals surface area contributed by atoms with Gasteiger partial charge in [-0.25, -0.2) is 0 Å². The van der Waals surface area contributed by atoms with Crippen LogP contribution in [0.1, 0.15) is 44.0 Å². The SMILES string of the molecule is CCOc1cc(C(=O)N2CCN(CC(=O)N3CCCC3)CC2)cc(OCC)c1OCC. The van der Waals surface area contributed by atoms with Crippen molar-refractivity contribution in [2.45, 2.75) is 33.6 Å². The van der Waals surface area contributed by atoms with E-state index >= 15 is 0 Å². The first-order chi connectivity index (χ1) is 15.1. The smallest absolute Gasteiger partial charge is 0.254 e. The molecule has 172 valence electrons. The summed E-state index contributed by atoms with van der Waals surface area (Å²) in [7, 11) is 0. The highest BCUT2D eigenvalue weighted by Gasteiger charge is 2.27. The summed E-state index contributed by atoms with van der Waals surface area (Å²) in [4.78, 5) is 31.5. The minimum atomic E-state index is -0.0597. The van der Waals surface area contributed by atoms with Crippen LogP contribution in [0.3, 0.4) is 0 Å². The number of rotatable bonds is 9. The van der Waals surface area contributed by atoms with Crippen molar-refractivity contribution >= 4 is 11.8 Å². The summed E-state index contributed by atoms with van der Waals surface area (Å²) in [6, 6.07) is 3.48. The molecular weight excluding hydrogens is 398 g/mol. The van der Waals surface area contributed by atoms with Gasteiger partial charge in [0.25, 0.3) is 5.91 Å². The van der Waals surface area contributed by atoms with Crippen LogP contribution in [0.25, 0.3) is 0 Å². The van der Waals surface area contributed by atoms with Crippen LogP contribution in [-0.4, -0.2) is 92.1 Å². The molecule has 8 nitrogen and oxygen atoms in total. The van der Waals surface area contributed by atoms with Crippen molar-refractivity contribution in [2.24, 2.45) is 0 Å². The molecular formula is C23H35N3O5. The van der Waals surface area contributed by atoms with Crippen molar-refractivity contribution in [3.05, 3.63) is 17.7 Å². The lowest BCUT2D eigenvalue weighted by atomic mass is 10.1. The third-order valence-corrected chi connectivity index (χ3v) is 5.63. The van der Waals surface area contributed by atoms with E-state index in [9.17, 15) is 9.59 Å². The van der Waals surface area contributed by atoms with Crippen LogP contribution >= 0.6 is 0 Å². The largest absolute Gasteiger partial charge is 0.490 e. The van der Waals surface area contributed by atoms with Crippen LogP contribution in [0.4, 0.5) is 0 Å². The zero-order chi connectivity index (χ0) is 22.2. The Morgan fingerprint density at radius 3 is 1.84 bits per heavy atom. The molecule has 31 heavy (non-hydrogen) atoms. The number of nitrogens with zero attached hydrogens (tertiary/aromatic N) is 3. The van der Waals surface area contributed by atoms with Gasteiger partial charge in [0.15, 0.2) is 11.5 Å². The van der Waals surface area contributed by atoms with Gasteiger partial charge in [-0.1, -0.05) is 0 Å². The number of amides is 2. The van der Waals surface area contributed by atoms with E-state index in [4.69, 9.17) is 14.2 Å². The van der Waals surface area contributed by atoms with Crippen molar-refractivity contribution < 1.29 is 23.8 Å². The Morgan fingerprint density at radius 1 is 0.774 bits per heavy atom. The van der Waals surface area contributed by atoms with Crippen LogP contribution in [0, 0.1) is 0 Å². The van der Waals surface area contributed by atoms with Crippen LogP contribution in [0.2, 0.25) is 0 Å². The second-order valence-electron chi connectivity index (χ2n) is 7.76. The Labute approximate surface area is 185 Å². The standard InChI is InChI=1S/C23H35N3O5/c1-4-29-19-15-18(16-20(30-5-2)22(19)31-6-3)23(28)26-13-11-24(12-14-26)17-21(27)25-9-7-8-10-25/h15-16H,4-14,17H2,1-3H3. The first-order valence-electron chi connectivity index (χ1n) is 11.4. The van der Waals surface area contributed by atoms with Gasteiger partial charge in [0.2, 0.25) is 11.7 Å². The second kappa shape index (κ2) is 11.2. The lowest BCUT2D eigenvalue weighted by Gasteiger charge is -2.35. The molecule has 8 heteroatoms. The highest BCUT2D eigenvalue weighted by atomic mass is 16.5. The summed E-state index contributed by atoms with van der Waals surface area (Å²) < 4.78 is 17.2. The van der Waals surface area contributed by atoms with Gasteiger partial charge in [-0.2, -0.15) is 0 Å². The lowest BCUT2D eigenvalue weighted by Crippen LogP contribution is -2.51. The van der Waals surface area contributed by atoms with Gasteiger partial charge in [-0.05, 0) is 45.7 Å². The summed E-state index contributed by atoms with van der Waals surface area (Å²) >= 11 is 0.